The maximum atomic E-state index is 12.5. The van der Waals surface area contributed by atoms with E-state index in [0.29, 0.717) is 23.1 Å². The molecule has 0 atom stereocenters. The van der Waals surface area contributed by atoms with E-state index in [9.17, 15) is 4.79 Å². The summed E-state index contributed by atoms with van der Waals surface area (Å²) in [5.41, 5.74) is 4.12. The Morgan fingerprint density at radius 3 is 2.56 bits per heavy atom. The zero-order valence-electron chi connectivity index (χ0n) is 18.6. The minimum absolute atomic E-state index is 0.0849. The van der Waals surface area contributed by atoms with E-state index in [0.717, 1.165) is 55.3 Å². The predicted molar refractivity (Wildman–Crippen MR) is 133 cm³/mol. The molecule has 4 aromatic rings. The topological polar surface area (TPSA) is 83.8 Å². The molecular formula is C25H25ClN6O2. The van der Waals surface area contributed by atoms with Crippen molar-refractivity contribution in [3.05, 3.63) is 77.4 Å². The Kier molecular flexibility index (Phi) is 6.71. The smallest absolute Gasteiger partial charge is 0.251 e. The van der Waals surface area contributed by atoms with Gasteiger partial charge in [-0.3, -0.25) is 9.69 Å². The summed E-state index contributed by atoms with van der Waals surface area (Å²) in [6, 6.07) is 18.9. The highest BCUT2D eigenvalue weighted by Crippen LogP contribution is 2.26. The molecule has 1 aliphatic rings. The lowest BCUT2D eigenvalue weighted by Crippen LogP contribution is -2.41. The van der Waals surface area contributed by atoms with E-state index >= 15 is 0 Å². The van der Waals surface area contributed by atoms with Gasteiger partial charge >= 0.3 is 0 Å². The molecule has 1 fully saturated rings. The summed E-state index contributed by atoms with van der Waals surface area (Å²) in [7, 11) is 0. The number of anilines is 2. The summed E-state index contributed by atoms with van der Waals surface area (Å²) in [6.45, 7) is 4.77. The fourth-order valence-corrected chi connectivity index (χ4v) is 4.03. The summed E-state index contributed by atoms with van der Waals surface area (Å²) in [4.78, 5) is 19.4. The molecule has 5 rings (SSSR count). The van der Waals surface area contributed by atoms with E-state index in [2.05, 4.69) is 25.6 Å². The van der Waals surface area contributed by atoms with E-state index in [1.807, 2.05) is 54.7 Å². The zero-order valence-corrected chi connectivity index (χ0v) is 19.3. The molecule has 34 heavy (non-hydrogen) atoms. The molecule has 2 aromatic heterocycles. The van der Waals surface area contributed by atoms with Crippen LogP contribution in [0.2, 0.25) is 5.02 Å². The normalized spacial score (nSPS) is 14.3. The maximum Gasteiger partial charge on any atom is 0.251 e. The molecule has 2 aromatic carbocycles. The second-order valence-electron chi connectivity index (χ2n) is 8.04. The number of carbonyl (C=O) groups excluding carboxylic acids is 1. The highest BCUT2D eigenvalue weighted by Gasteiger charge is 2.12. The van der Waals surface area contributed by atoms with E-state index < -0.39 is 0 Å². The van der Waals surface area contributed by atoms with Gasteiger partial charge in [-0.15, -0.1) is 5.10 Å². The average molecular weight is 477 g/mol. The number of halogens is 1. The molecule has 0 unspecified atom stereocenters. The third kappa shape index (κ3) is 5.20. The van der Waals surface area contributed by atoms with Crippen LogP contribution in [-0.4, -0.2) is 64.8 Å². The lowest BCUT2D eigenvalue weighted by Gasteiger charge is -2.26. The second-order valence-corrected chi connectivity index (χ2v) is 8.48. The van der Waals surface area contributed by atoms with Gasteiger partial charge in [0.15, 0.2) is 5.65 Å². The highest BCUT2D eigenvalue weighted by atomic mass is 35.5. The first-order valence-corrected chi connectivity index (χ1v) is 11.6. The van der Waals surface area contributed by atoms with Crippen LogP contribution in [-0.2, 0) is 4.74 Å². The van der Waals surface area contributed by atoms with E-state index in [1.165, 1.54) is 0 Å². The first-order valence-electron chi connectivity index (χ1n) is 11.2. The fourth-order valence-electron chi connectivity index (χ4n) is 3.90. The number of hydrogen-bond donors (Lipinski definition) is 2. The van der Waals surface area contributed by atoms with Gasteiger partial charge in [-0.25, -0.2) is 4.52 Å². The average Bonchev–Trinajstić information content (AvgIpc) is 3.28. The van der Waals surface area contributed by atoms with Gasteiger partial charge < -0.3 is 15.4 Å². The molecule has 0 bridgehead atoms. The van der Waals surface area contributed by atoms with Crippen molar-refractivity contribution in [3.63, 3.8) is 0 Å². The SMILES string of the molecule is O=C(NCCN1CCOCC1)c1ccc(Nc2nc3c(-c4ccc(Cl)cc4)cccn3n2)cc1. The number of nitrogens with one attached hydrogen (secondary N) is 2. The Hall–Kier alpha value is -3.46. The van der Waals surface area contributed by atoms with Crippen LogP contribution in [0.3, 0.4) is 0 Å². The summed E-state index contributed by atoms with van der Waals surface area (Å²) in [6.07, 6.45) is 1.86. The van der Waals surface area contributed by atoms with Crippen molar-refractivity contribution in [2.75, 3.05) is 44.7 Å². The Morgan fingerprint density at radius 1 is 1.03 bits per heavy atom. The number of benzene rings is 2. The quantitative estimate of drug-likeness (QED) is 0.421. The molecule has 0 saturated carbocycles. The van der Waals surface area contributed by atoms with E-state index in [-0.39, 0.29) is 5.91 Å². The van der Waals surface area contributed by atoms with Crippen LogP contribution in [0.5, 0.6) is 0 Å². The number of aromatic nitrogens is 3. The van der Waals surface area contributed by atoms with Gasteiger partial charge in [-0.1, -0.05) is 23.7 Å². The van der Waals surface area contributed by atoms with Crippen LogP contribution in [0.25, 0.3) is 16.8 Å². The van der Waals surface area contributed by atoms with Crippen molar-refractivity contribution in [1.29, 1.82) is 0 Å². The Bertz CT molecular complexity index is 1270. The van der Waals surface area contributed by atoms with E-state index in [1.54, 1.807) is 16.6 Å². The summed E-state index contributed by atoms with van der Waals surface area (Å²) in [5, 5.41) is 11.4. The molecule has 8 nitrogen and oxygen atoms in total. The third-order valence-electron chi connectivity index (χ3n) is 5.74. The number of fused-ring (bicyclic) bond motifs is 1. The zero-order chi connectivity index (χ0) is 23.3. The minimum Gasteiger partial charge on any atom is -0.379 e. The molecule has 1 amide bonds. The van der Waals surface area contributed by atoms with Crippen molar-refractivity contribution in [3.8, 4) is 11.1 Å². The molecule has 0 aliphatic carbocycles. The van der Waals surface area contributed by atoms with Crippen LogP contribution in [0.1, 0.15) is 10.4 Å². The lowest BCUT2D eigenvalue weighted by atomic mass is 10.1. The Morgan fingerprint density at radius 2 is 1.79 bits per heavy atom. The number of hydrogen-bond acceptors (Lipinski definition) is 6. The Labute approximate surface area is 202 Å². The number of pyridine rings is 1. The molecular weight excluding hydrogens is 452 g/mol. The molecule has 1 aliphatic heterocycles. The van der Waals surface area contributed by atoms with Crippen molar-refractivity contribution in [2.24, 2.45) is 0 Å². The number of morpholine rings is 1. The van der Waals surface area contributed by atoms with Gasteiger partial charge in [0.2, 0.25) is 5.95 Å². The van der Waals surface area contributed by atoms with Crippen LogP contribution in [0, 0.1) is 0 Å². The largest absolute Gasteiger partial charge is 0.379 e. The lowest BCUT2D eigenvalue weighted by molar-refractivity contribution is 0.0383. The summed E-state index contributed by atoms with van der Waals surface area (Å²) >= 11 is 6.03. The number of carbonyl (C=O) groups is 1. The van der Waals surface area contributed by atoms with Gasteiger partial charge in [0.1, 0.15) is 0 Å². The summed E-state index contributed by atoms with van der Waals surface area (Å²) < 4.78 is 7.09. The van der Waals surface area contributed by atoms with Gasteiger partial charge in [-0.05, 0) is 54.1 Å². The first kappa shape index (κ1) is 22.3. The van der Waals surface area contributed by atoms with Gasteiger partial charge in [0.25, 0.3) is 5.91 Å². The van der Waals surface area contributed by atoms with Crippen LogP contribution >= 0.6 is 11.6 Å². The van der Waals surface area contributed by atoms with Crippen molar-refractivity contribution in [1.82, 2.24) is 24.8 Å². The fraction of sp³-hybridized carbons (Fsp3) is 0.240. The first-order chi connectivity index (χ1) is 16.7. The van der Waals surface area contributed by atoms with Crippen molar-refractivity contribution >= 4 is 34.8 Å². The highest BCUT2D eigenvalue weighted by molar-refractivity contribution is 6.30. The van der Waals surface area contributed by atoms with Crippen molar-refractivity contribution < 1.29 is 9.53 Å². The molecule has 174 valence electrons. The molecule has 9 heteroatoms. The molecule has 0 spiro atoms. The molecule has 1 saturated heterocycles. The van der Waals surface area contributed by atoms with E-state index in [4.69, 9.17) is 16.3 Å². The van der Waals surface area contributed by atoms with Crippen LogP contribution < -0.4 is 10.6 Å². The minimum atomic E-state index is -0.0849. The number of ether oxygens (including phenoxy) is 1. The predicted octanol–water partition coefficient (Wildman–Crippen LogP) is 3.86. The second kappa shape index (κ2) is 10.2. The third-order valence-corrected chi connectivity index (χ3v) is 5.99. The van der Waals surface area contributed by atoms with Crippen LogP contribution in [0.4, 0.5) is 11.6 Å². The standard InChI is InChI=1S/C25H25ClN6O2/c26-20-7-3-18(4-8-20)22-2-1-12-32-23(22)29-25(30-32)28-21-9-5-19(6-10-21)24(33)27-11-13-31-14-16-34-17-15-31/h1-10,12H,11,13-17H2,(H,27,33)(H,28,30). The monoisotopic (exact) mass is 476 g/mol. The molecule has 3 heterocycles. The van der Waals surface area contributed by atoms with Gasteiger partial charge in [0, 0.05) is 54.2 Å². The number of nitrogens with zero attached hydrogens (tertiary/aromatic N) is 4. The summed E-state index contributed by atoms with van der Waals surface area (Å²) in [5.74, 6) is 0.391. The van der Waals surface area contributed by atoms with Gasteiger partial charge in [-0.2, -0.15) is 4.98 Å². The number of rotatable bonds is 7. The van der Waals surface area contributed by atoms with Crippen molar-refractivity contribution in [2.45, 2.75) is 0 Å². The van der Waals surface area contributed by atoms with Gasteiger partial charge in [0.05, 0.1) is 13.2 Å². The maximum absolute atomic E-state index is 12.5. The number of amides is 1. The molecule has 2 N–H and O–H groups in total. The van der Waals surface area contributed by atoms with Crippen LogP contribution in [0.15, 0.2) is 66.9 Å². The Balaban J connectivity index is 1.23. The molecule has 0 radical (unpaired) electrons.